The van der Waals surface area contributed by atoms with Crippen molar-refractivity contribution in [2.45, 2.75) is 12.3 Å². The molecule has 0 radical (unpaired) electrons. The van der Waals surface area contributed by atoms with Gasteiger partial charge in [0.05, 0.1) is 18.1 Å². The molecule has 1 aromatic rings. The van der Waals surface area contributed by atoms with E-state index in [0.717, 1.165) is 0 Å². The molecule has 1 aliphatic heterocycles. The van der Waals surface area contributed by atoms with Crippen LogP contribution in [0.4, 0.5) is 4.39 Å². The van der Waals surface area contributed by atoms with Crippen LogP contribution in [0.25, 0.3) is 0 Å². The molecule has 94 valence electrons. The summed E-state index contributed by atoms with van der Waals surface area (Å²) in [6, 6.07) is 6.01. The Morgan fingerprint density at radius 1 is 1.47 bits per heavy atom. The van der Waals surface area contributed by atoms with Crippen molar-refractivity contribution < 1.29 is 17.9 Å². The third kappa shape index (κ3) is 2.84. The predicted molar refractivity (Wildman–Crippen MR) is 63.0 cm³/mol. The minimum absolute atomic E-state index is 0.0920. The lowest BCUT2D eigenvalue weighted by Gasteiger charge is -2.20. The Balaban J connectivity index is 2.23. The lowest BCUT2D eigenvalue weighted by atomic mass is 9.86. The largest absolute Gasteiger partial charge is 0.396 e. The van der Waals surface area contributed by atoms with Crippen LogP contribution in [0.15, 0.2) is 24.3 Å². The van der Waals surface area contributed by atoms with E-state index in [2.05, 4.69) is 0 Å². The molecule has 3 nitrogen and oxygen atoms in total. The van der Waals surface area contributed by atoms with Gasteiger partial charge >= 0.3 is 0 Å². The molecular weight excluding hydrogens is 243 g/mol. The van der Waals surface area contributed by atoms with E-state index in [9.17, 15) is 17.9 Å². The molecule has 1 N–H and O–H groups in total. The number of rotatable bonds is 3. The van der Waals surface area contributed by atoms with Crippen LogP contribution >= 0.6 is 0 Å². The fourth-order valence-corrected chi connectivity index (χ4v) is 4.28. The van der Waals surface area contributed by atoms with Gasteiger partial charge in [-0.2, -0.15) is 0 Å². The summed E-state index contributed by atoms with van der Waals surface area (Å²) in [4.78, 5) is 0. The Morgan fingerprint density at radius 2 is 2.24 bits per heavy atom. The molecule has 0 saturated carbocycles. The molecule has 2 rings (SSSR count). The zero-order chi connectivity index (χ0) is 12.5. The van der Waals surface area contributed by atoms with Gasteiger partial charge in [0.25, 0.3) is 0 Å². The molecule has 5 heteroatoms. The van der Waals surface area contributed by atoms with Crippen LogP contribution < -0.4 is 0 Å². The van der Waals surface area contributed by atoms with Crippen molar-refractivity contribution in [2.75, 3.05) is 18.1 Å². The van der Waals surface area contributed by atoms with Crippen LogP contribution in [0.1, 0.15) is 17.9 Å². The Hall–Kier alpha value is -0.940. The molecule has 1 fully saturated rings. The molecule has 0 aromatic heterocycles. The van der Waals surface area contributed by atoms with E-state index >= 15 is 0 Å². The van der Waals surface area contributed by atoms with E-state index < -0.39 is 9.84 Å². The predicted octanol–water partition coefficient (Wildman–Crippen LogP) is 1.34. The highest BCUT2D eigenvalue weighted by molar-refractivity contribution is 7.91. The minimum Gasteiger partial charge on any atom is -0.396 e. The van der Waals surface area contributed by atoms with Gasteiger partial charge in [0.2, 0.25) is 0 Å². The van der Waals surface area contributed by atoms with Crippen LogP contribution in [0.3, 0.4) is 0 Å². The quantitative estimate of drug-likeness (QED) is 0.890. The number of aliphatic hydroxyl groups is 1. The zero-order valence-corrected chi connectivity index (χ0v) is 10.2. The first-order valence-corrected chi connectivity index (χ1v) is 7.41. The maximum Gasteiger partial charge on any atom is 0.150 e. The highest BCUT2D eigenvalue weighted by atomic mass is 32.2. The first-order chi connectivity index (χ1) is 8.02. The van der Waals surface area contributed by atoms with Gasteiger partial charge in [-0.25, -0.2) is 12.8 Å². The SMILES string of the molecule is O=S1(=O)CCC(C(CO)c2cccc(F)c2)C1. The van der Waals surface area contributed by atoms with E-state index in [4.69, 9.17) is 0 Å². The summed E-state index contributed by atoms with van der Waals surface area (Å²) in [5.41, 5.74) is 0.676. The molecule has 0 amide bonds. The van der Waals surface area contributed by atoms with Gasteiger partial charge in [-0.1, -0.05) is 12.1 Å². The molecule has 2 atom stereocenters. The third-order valence-electron chi connectivity index (χ3n) is 3.31. The monoisotopic (exact) mass is 258 g/mol. The third-order valence-corrected chi connectivity index (χ3v) is 5.10. The summed E-state index contributed by atoms with van der Waals surface area (Å²) >= 11 is 0. The zero-order valence-electron chi connectivity index (χ0n) is 9.34. The minimum atomic E-state index is -2.97. The van der Waals surface area contributed by atoms with Gasteiger partial charge in [0, 0.05) is 5.92 Å². The number of sulfone groups is 1. The van der Waals surface area contributed by atoms with Crippen molar-refractivity contribution >= 4 is 9.84 Å². The topological polar surface area (TPSA) is 54.4 Å². The first-order valence-electron chi connectivity index (χ1n) is 5.58. The van der Waals surface area contributed by atoms with Crippen LogP contribution in [-0.2, 0) is 9.84 Å². The summed E-state index contributed by atoms with van der Waals surface area (Å²) in [5, 5.41) is 9.38. The maximum absolute atomic E-state index is 13.1. The number of halogens is 1. The summed E-state index contributed by atoms with van der Waals surface area (Å²) in [6.07, 6.45) is 0.546. The van der Waals surface area contributed by atoms with Crippen molar-refractivity contribution in [1.29, 1.82) is 0 Å². The van der Waals surface area contributed by atoms with E-state index in [1.165, 1.54) is 12.1 Å². The number of benzene rings is 1. The van der Waals surface area contributed by atoms with Gasteiger partial charge < -0.3 is 5.11 Å². The molecule has 0 bridgehead atoms. The second-order valence-corrected chi connectivity index (χ2v) is 6.74. The van der Waals surface area contributed by atoms with Gasteiger partial charge in [0.1, 0.15) is 5.82 Å². The molecular formula is C12H15FO3S. The number of hydrogen-bond acceptors (Lipinski definition) is 3. The Morgan fingerprint density at radius 3 is 2.76 bits per heavy atom. The van der Waals surface area contributed by atoms with Crippen molar-refractivity contribution in [3.05, 3.63) is 35.6 Å². The van der Waals surface area contributed by atoms with Crippen molar-refractivity contribution in [3.63, 3.8) is 0 Å². The summed E-state index contributed by atoms with van der Waals surface area (Å²) < 4.78 is 35.9. The van der Waals surface area contributed by atoms with Crippen LogP contribution in [-0.4, -0.2) is 31.6 Å². The smallest absolute Gasteiger partial charge is 0.150 e. The van der Waals surface area contributed by atoms with Gasteiger partial charge in [-0.05, 0) is 30.0 Å². The lowest BCUT2D eigenvalue weighted by molar-refractivity contribution is 0.232. The maximum atomic E-state index is 13.1. The van der Waals surface area contributed by atoms with E-state index in [-0.39, 0.29) is 35.8 Å². The molecule has 0 spiro atoms. The molecule has 1 saturated heterocycles. The Kier molecular flexibility index (Phi) is 3.49. The summed E-state index contributed by atoms with van der Waals surface area (Å²) in [6.45, 7) is -0.149. The average Bonchev–Trinajstić information content (AvgIpc) is 2.60. The molecule has 17 heavy (non-hydrogen) atoms. The van der Waals surface area contributed by atoms with Crippen LogP contribution in [0, 0.1) is 11.7 Å². The molecule has 0 aliphatic carbocycles. The molecule has 2 unspecified atom stereocenters. The lowest BCUT2D eigenvalue weighted by Crippen LogP contribution is -2.18. The van der Waals surface area contributed by atoms with Crippen LogP contribution in [0.5, 0.6) is 0 Å². The van der Waals surface area contributed by atoms with E-state index in [0.29, 0.717) is 12.0 Å². The van der Waals surface area contributed by atoms with Crippen molar-refractivity contribution in [2.24, 2.45) is 5.92 Å². The van der Waals surface area contributed by atoms with Gasteiger partial charge in [0.15, 0.2) is 9.84 Å². The molecule has 1 aromatic carbocycles. The number of hydrogen-bond donors (Lipinski definition) is 1. The second-order valence-electron chi connectivity index (χ2n) is 4.51. The highest BCUT2D eigenvalue weighted by Gasteiger charge is 2.34. The Bertz CT molecular complexity index is 498. The summed E-state index contributed by atoms with van der Waals surface area (Å²) in [7, 11) is -2.97. The van der Waals surface area contributed by atoms with Gasteiger partial charge in [-0.15, -0.1) is 0 Å². The van der Waals surface area contributed by atoms with Gasteiger partial charge in [-0.3, -0.25) is 0 Å². The summed E-state index contributed by atoms with van der Waals surface area (Å²) in [5.74, 6) is -0.491. The standard InChI is InChI=1S/C12H15FO3S/c13-11-3-1-2-9(6-11)12(7-14)10-4-5-17(15,16)8-10/h1-3,6,10,12,14H,4-5,7-8H2. The van der Waals surface area contributed by atoms with E-state index in [1.807, 2.05) is 0 Å². The molecule has 1 heterocycles. The first kappa shape index (κ1) is 12.5. The Labute approximate surface area is 100 Å². The fourth-order valence-electron chi connectivity index (χ4n) is 2.40. The highest BCUT2D eigenvalue weighted by Crippen LogP contribution is 2.33. The van der Waals surface area contributed by atoms with Crippen molar-refractivity contribution in [3.8, 4) is 0 Å². The normalized spacial score (nSPS) is 24.7. The van der Waals surface area contributed by atoms with Crippen molar-refractivity contribution in [1.82, 2.24) is 0 Å². The van der Waals surface area contributed by atoms with Crippen LogP contribution in [0.2, 0.25) is 0 Å². The fraction of sp³-hybridized carbons (Fsp3) is 0.500. The number of aliphatic hydroxyl groups excluding tert-OH is 1. The second kappa shape index (κ2) is 4.74. The molecule has 1 aliphatic rings. The average molecular weight is 258 g/mol. The van der Waals surface area contributed by atoms with E-state index in [1.54, 1.807) is 12.1 Å².